The summed E-state index contributed by atoms with van der Waals surface area (Å²) in [5.41, 5.74) is 1.06. The molecule has 136 valence electrons. The van der Waals surface area contributed by atoms with Gasteiger partial charge in [0.25, 0.3) is 5.91 Å². The lowest BCUT2D eigenvalue weighted by Crippen LogP contribution is -2.43. The number of nitrogens with zero attached hydrogens (tertiary/aromatic N) is 1. The molecule has 1 heterocycles. The fourth-order valence-corrected chi connectivity index (χ4v) is 3.71. The zero-order valence-corrected chi connectivity index (χ0v) is 16.3. The van der Waals surface area contributed by atoms with Crippen LogP contribution in [0.2, 0.25) is 0 Å². The number of halogens is 2. The number of hydrogen-bond acceptors (Lipinski definition) is 3. The number of hydrogen-bond donors (Lipinski definition) is 1. The van der Waals surface area contributed by atoms with Crippen molar-refractivity contribution >= 4 is 40.1 Å². The molecular weight excluding hydrogens is 450 g/mol. The predicted octanol–water partition coefficient (Wildman–Crippen LogP) is 3.68. The number of methoxy groups -OCH3 is 1. The van der Waals surface area contributed by atoms with E-state index < -0.39 is 6.04 Å². The van der Waals surface area contributed by atoms with Crippen LogP contribution in [-0.2, 0) is 4.79 Å². The number of carbonyl (C=O) groups is 2. The number of likely N-dealkylation sites (tertiary alicyclic amines) is 1. The zero-order valence-electron chi connectivity index (χ0n) is 14.2. The van der Waals surface area contributed by atoms with Crippen molar-refractivity contribution in [2.45, 2.75) is 18.9 Å². The SMILES string of the molecule is COc1ccc(NC(=O)C2CCCN2C(=O)c2ccc(F)cc2I)cc1. The van der Waals surface area contributed by atoms with E-state index in [1.165, 1.54) is 18.2 Å². The Morgan fingerprint density at radius 3 is 2.62 bits per heavy atom. The van der Waals surface area contributed by atoms with Crippen molar-refractivity contribution in [2.24, 2.45) is 0 Å². The smallest absolute Gasteiger partial charge is 0.255 e. The molecule has 0 spiro atoms. The molecule has 2 amide bonds. The third-order valence-electron chi connectivity index (χ3n) is 4.34. The standard InChI is InChI=1S/C19H18FIN2O3/c1-26-14-7-5-13(6-8-14)22-18(24)17-3-2-10-23(17)19(25)15-9-4-12(20)11-16(15)21/h4-9,11,17H,2-3,10H2,1H3,(H,22,24). The Labute approximate surface area is 164 Å². The summed E-state index contributed by atoms with van der Waals surface area (Å²) in [6.45, 7) is 0.507. The fourth-order valence-electron chi connectivity index (χ4n) is 3.00. The maximum absolute atomic E-state index is 13.3. The Bertz CT molecular complexity index is 826. The largest absolute Gasteiger partial charge is 0.497 e. The average molecular weight is 468 g/mol. The molecule has 2 aromatic rings. The maximum Gasteiger partial charge on any atom is 0.255 e. The highest BCUT2D eigenvalue weighted by Gasteiger charge is 2.35. The lowest BCUT2D eigenvalue weighted by molar-refractivity contribution is -0.119. The van der Waals surface area contributed by atoms with Gasteiger partial charge in [0.1, 0.15) is 17.6 Å². The first kappa shape index (κ1) is 18.6. The van der Waals surface area contributed by atoms with Crippen LogP contribution in [-0.4, -0.2) is 36.4 Å². The molecule has 5 nitrogen and oxygen atoms in total. The van der Waals surface area contributed by atoms with E-state index in [0.717, 1.165) is 6.42 Å². The van der Waals surface area contributed by atoms with Gasteiger partial charge in [0.15, 0.2) is 0 Å². The van der Waals surface area contributed by atoms with E-state index in [2.05, 4.69) is 5.32 Å². The molecule has 7 heteroatoms. The summed E-state index contributed by atoms with van der Waals surface area (Å²) < 4.78 is 18.9. The molecular formula is C19H18FIN2O3. The Morgan fingerprint density at radius 1 is 1.23 bits per heavy atom. The first-order valence-corrected chi connectivity index (χ1v) is 9.28. The fraction of sp³-hybridized carbons (Fsp3) is 0.263. The average Bonchev–Trinajstić information content (AvgIpc) is 3.12. The van der Waals surface area contributed by atoms with Gasteiger partial charge in [0.2, 0.25) is 5.91 Å². The third kappa shape index (κ3) is 3.98. The minimum absolute atomic E-state index is 0.224. The number of carbonyl (C=O) groups excluding carboxylic acids is 2. The molecule has 0 radical (unpaired) electrons. The Kier molecular flexibility index (Phi) is 5.75. The van der Waals surface area contributed by atoms with Crippen LogP contribution < -0.4 is 10.1 Å². The van der Waals surface area contributed by atoms with E-state index in [9.17, 15) is 14.0 Å². The molecule has 2 aromatic carbocycles. The summed E-state index contributed by atoms with van der Waals surface area (Å²) in [5.74, 6) is -0.160. The molecule has 0 aliphatic carbocycles. The van der Waals surface area contributed by atoms with Gasteiger partial charge in [-0.2, -0.15) is 0 Å². The predicted molar refractivity (Wildman–Crippen MR) is 105 cm³/mol. The Morgan fingerprint density at radius 2 is 1.96 bits per heavy atom. The van der Waals surface area contributed by atoms with Gasteiger partial charge >= 0.3 is 0 Å². The number of amides is 2. The first-order valence-electron chi connectivity index (χ1n) is 8.20. The number of rotatable bonds is 4. The number of ether oxygens (including phenoxy) is 1. The van der Waals surface area contributed by atoms with Gasteiger partial charge < -0.3 is 15.0 Å². The van der Waals surface area contributed by atoms with Crippen LogP contribution in [0.25, 0.3) is 0 Å². The monoisotopic (exact) mass is 468 g/mol. The van der Waals surface area contributed by atoms with Crippen molar-refractivity contribution < 1.29 is 18.7 Å². The molecule has 3 rings (SSSR count). The van der Waals surface area contributed by atoms with Gasteiger partial charge in [0.05, 0.1) is 12.7 Å². The summed E-state index contributed by atoms with van der Waals surface area (Å²) in [7, 11) is 1.58. The van der Waals surface area contributed by atoms with E-state index in [4.69, 9.17) is 4.74 Å². The van der Waals surface area contributed by atoms with Crippen LogP contribution in [0.1, 0.15) is 23.2 Å². The lowest BCUT2D eigenvalue weighted by Gasteiger charge is -2.24. The first-order chi connectivity index (χ1) is 12.5. The second-order valence-corrected chi connectivity index (χ2v) is 7.16. The second-order valence-electron chi connectivity index (χ2n) is 6.00. The molecule has 0 aromatic heterocycles. The summed E-state index contributed by atoms with van der Waals surface area (Å²) in [4.78, 5) is 27.1. The van der Waals surface area contributed by atoms with Crippen LogP contribution in [0, 0.1) is 9.39 Å². The number of nitrogens with one attached hydrogen (secondary N) is 1. The Balaban J connectivity index is 1.74. The van der Waals surface area contributed by atoms with Crippen molar-refractivity contribution in [3.05, 3.63) is 57.4 Å². The van der Waals surface area contributed by atoms with Gasteiger partial charge in [-0.3, -0.25) is 9.59 Å². The van der Waals surface area contributed by atoms with E-state index in [0.29, 0.717) is 33.5 Å². The highest BCUT2D eigenvalue weighted by Crippen LogP contribution is 2.24. The normalized spacial score (nSPS) is 16.4. The molecule has 1 aliphatic heterocycles. The van der Waals surface area contributed by atoms with Crippen molar-refractivity contribution in [3.8, 4) is 5.75 Å². The minimum atomic E-state index is -0.537. The highest BCUT2D eigenvalue weighted by atomic mass is 127. The summed E-state index contributed by atoms with van der Waals surface area (Å²) in [6, 6.07) is 10.5. The molecule has 1 unspecified atom stereocenters. The van der Waals surface area contributed by atoms with E-state index in [1.807, 2.05) is 22.6 Å². The van der Waals surface area contributed by atoms with Crippen molar-refractivity contribution in [2.75, 3.05) is 19.0 Å². The maximum atomic E-state index is 13.3. The highest BCUT2D eigenvalue weighted by molar-refractivity contribution is 14.1. The Hall–Kier alpha value is -2.16. The summed E-state index contributed by atoms with van der Waals surface area (Å²) in [6.07, 6.45) is 1.36. The van der Waals surface area contributed by atoms with Gasteiger partial charge in [-0.1, -0.05) is 0 Å². The molecule has 0 bridgehead atoms. The van der Waals surface area contributed by atoms with Crippen LogP contribution in [0.4, 0.5) is 10.1 Å². The van der Waals surface area contributed by atoms with E-state index in [-0.39, 0.29) is 17.6 Å². The van der Waals surface area contributed by atoms with Crippen LogP contribution >= 0.6 is 22.6 Å². The molecule has 1 saturated heterocycles. The zero-order chi connectivity index (χ0) is 18.7. The van der Waals surface area contributed by atoms with Crippen molar-refractivity contribution in [3.63, 3.8) is 0 Å². The van der Waals surface area contributed by atoms with Crippen LogP contribution in [0.5, 0.6) is 5.75 Å². The third-order valence-corrected chi connectivity index (χ3v) is 5.23. The number of anilines is 1. The van der Waals surface area contributed by atoms with Gasteiger partial charge in [-0.05, 0) is 77.9 Å². The molecule has 1 N–H and O–H groups in total. The quantitative estimate of drug-likeness (QED) is 0.697. The van der Waals surface area contributed by atoms with Crippen LogP contribution in [0.15, 0.2) is 42.5 Å². The summed E-state index contributed by atoms with van der Waals surface area (Å²) in [5, 5.41) is 2.84. The molecule has 1 fully saturated rings. The van der Waals surface area contributed by atoms with Crippen molar-refractivity contribution in [1.29, 1.82) is 0 Å². The van der Waals surface area contributed by atoms with E-state index >= 15 is 0 Å². The molecule has 1 atom stereocenters. The molecule has 26 heavy (non-hydrogen) atoms. The minimum Gasteiger partial charge on any atom is -0.497 e. The van der Waals surface area contributed by atoms with Gasteiger partial charge in [-0.25, -0.2) is 4.39 Å². The van der Waals surface area contributed by atoms with E-state index in [1.54, 1.807) is 36.3 Å². The number of benzene rings is 2. The topological polar surface area (TPSA) is 58.6 Å². The second kappa shape index (κ2) is 8.03. The molecule has 1 aliphatic rings. The molecule has 0 saturated carbocycles. The van der Waals surface area contributed by atoms with Crippen LogP contribution in [0.3, 0.4) is 0 Å². The van der Waals surface area contributed by atoms with Gasteiger partial charge in [0, 0.05) is 15.8 Å². The lowest BCUT2D eigenvalue weighted by atomic mass is 10.1. The van der Waals surface area contributed by atoms with Gasteiger partial charge in [-0.15, -0.1) is 0 Å². The summed E-state index contributed by atoms with van der Waals surface area (Å²) >= 11 is 1.94. The van der Waals surface area contributed by atoms with Crippen molar-refractivity contribution in [1.82, 2.24) is 4.90 Å².